The first-order valence-corrected chi connectivity index (χ1v) is 29.8. The molecule has 0 bridgehead atoms. The van der Waals surface area contributed by atoms with Gasteiger partial charge in [0, 0.05) is 19.3 Å². The molecule has 0 aromatic rings. The van der Waals surface area contributed by atoms with E-state index >= 15 is 0 Å². The zero-order valence-corrected chi connectivity index (χ0v) is 45.8. The molecule has 0 radical (unpaired) electrons. The normalized spacial score (nSPS) is 12.4. The molecule has 69 heavy (non-hydrogen) atoms. The smallest absolute Gasteiger partial charge is 0.306 e. The van der Waals surface area contributed by atoms with E-state index in [1.54, 1.807) is 0 Å². The molecular weight excluding hydrogens is 853 g/mol. The van der Waals surface area contributed by atoms with E-state index in [4.69, 9.17) is 14.2 Å². The third-order valence-electron chi connectivity index (χ3n) is 13.0. The summed E-state index contributed by atoms with van der Waals surface area (Å²) in [7, 11) is 0. The predicted molar refractivity (Wildman–Crippen MR) is 298 cm³/mol. The molecule has 0 spiro atoms. The monoisotopic (exact) mass is 965 g/mol. The van der Waals surface area contributed by atoms with E-state index < -0.39 is 6.10 Å². The van der Waals surface area contributed by atoms with Gasteiger partial charge in [-0.05, 0) is 83.5 Å². The topological polar surface area (TPSA) is 78.9 Å². The summed E-state index contributed by atoms with van der Waals surface area (Å²) in [4.78, 5) is 38.2. The Morgan fingerprint density at radius 1 is 0.304 bits per heavy atom. The highest BCUT2D eigenvalue weighted by molar-refractivity contribution is 5.71. The first-order valence-electron chi connectivity index (χ1n) is 29.8. The van der Waals surface area contributed by atoms with Gasteiger partial charge in [0.2, 0.25) is 0 Å². The number of carbonyl (C=O) groups is 3. The van der Waals surface area contributed by atoms with Crippen molar-refractivity contribution in [3.05, 3.63) is 60.8 Å². The van der Waals surface area contributed by atoms with E-state index in [0.717, 1.165) is 89.9 Å². The van der Waals surface area contributed by atoms with Crippen LogP contribution in [0.2, 0.25) is 0 Å². The summed E-state index contributed by atoms with van der Waals surface area (Å²) < 4.78 is 16.9. The quantitative estimate of drug-likeness (QED) is 0.0262. The van der Waals surface area contributed by atoms with Crippen molar-refractivity contribution < 1.29 is 28.6 Å². The molecule has 1 atom stereocenters. The van der Waals surface area contributed by atoms with Gasteiger partial charge in [0.05, 0.1) is 0 Å². The largest absolute Gasteiger partial charge is 0.462 e. The van der Waals surface area contributed by atoms with Gasteiger partial charge in [-0.3, -0.25) is 14.4 Å². The Bertz CT molecular complexity index is 1250. The Labute approximate surface area is 428 Å². The summed E-state index contributed by atoms with van der Waals surface area (Å²) in [6.45, 7) is 6.54. The van der Waals surface area contributed by atoms with Crippen molar-refractivity contribution in [1.29, 1.82) is 0 Å². The standard InChI is InChI=1S/C63H112O6/c1-4-7-10-13-16-19-22-25-28-30-31-33-35-38-41-44-47-50-53-56-62(65)68-59-60(58-67-61(64)55-52-49-46-43-40-37-34-27-24-21-18-15-12-9-6-3)69-63(66)57-54-51-48-45-42-39-36-32-29-26-23-20-17-14-11-8-5-2/h7,10,16,19,21,24-25,28,31,33,60H,4-6,8-9,11-15,17-18,20,22-23,26-27,29-30,32,34-59H2,1-3H3/b10-7-,19-16-,24-21-,28-25-,33-31-. The summed E-state index contributed by atoms with van der Waals surface area (Å²) >= 11 is 0. The summed E-state index contributed by atoms with van der Waals surface area (Å²) in [5.74, 6) is -0.881. The van der Waals surface area contributed by atoms with E-state index in [0.29, 0.717) is 19.3 Å². The third-order valence-corrected chi connectivity index (χ3v) is 13.0. The van der Waals surface area contributed by atoms with Crippen LogP contribution in [-0.4, -0.2) is 37.2 Å². The Morgan fingerprint density at radius 2 is 0.565 bits per heavy atom. The molecule has 0 aromatic carbocycles. The molecule has 1 unspecified atom stereocenters. The third kappa shape index (κ3) is 55.9. The van der Waals surface area contributed by atoms with Crippen LogP contribution in [0.15, 0.2) is 60.8 Å². The van der Waals surface area contributed by atoms with Gasteiger partial charge in [-0.25, -0.2) is 0 Å². The molecule has 0 fully saturated rings. The molecule has 6 nitrogen and oxygen atoms in total. The second-order valence-electron chi connectivity index (χ2n) is 19.9. The fraction of sp³-hybridized carbons (Fsp3) is 0.794. The Balaban J connectivity index is 4.38. The highest BCUT2D eigenvalue weighted by Crippen LogP contribution is 2.16. The number of carbonyl (C=O) groups excluding carboxylic acids is 3. The zero-order chi connectivity index (χ0) is 50.0. The number of rotatable bonds is 54. The number of unbranched alkanes of at least 4 members (excludes halogenated alkanes) is 33. The number of hydrogen-bond donors (Lipinski definition) is 0. The minimum atomic E-state index is -0.780. The van der Waals surface area contributed by atoms with Crippen molar-refractivity contribution in [1.82, 2.24) is 0 Å². The molecule has 0 N–H and O–H groups in total. The summed E-state index contributed by atoms with van der Waals surface area (Å²) in [5.41, 5.74) is 0. The number of hydrogen-bond acceptors (Lipinski definition) is 6. The maximum atomic E-state index is 12.9. The lowest BCUT2D eigenvalue weighted by atomic mass is 10.0. The van der Waals surface area contributed by atoms with Crippen LogP contribution in [0.25, 0.3) is 0 Å². The maximum absolute atomic E-state index is 12.9. The van der Waals surface area contributed by atoms with Crippen molar-refractivity contribution in [2.45, 2.75) is 309 Å². The van der Waals surface area contributed by atoms with Gasteiger partial charge >= 0.3 is 17.9 Å². The Morgan fingerprint density at radius 3 is 0.913 bits per heavy atom. The molecule has 0 aliphatic carbocycles. The molecule has 0 aromatic heterocycles. The van der Waals surface area contributed by atoms with Gasteiger partial charge in [0.25, 0.3) is 0 Å². The minimum absolute atomic E-state index is 0.0784. The highest BCUT2D eigenvalue weighted by atomic mass is 16.6. The summed E-state index contributed by atoms with van der Waals surface area (Å²) in [6.07, 6.45) is 72.1. The molecule has 0 saturated heterocycles. The van der Waals surface area contributed by atoms with Crippen LogP contribution >= 0.6 is 0 Å². The molecule has 0 rings (SSSR count). The van der Waals surface area contributed by atoms with Crippen molar-refractivity contribution in [2.75, 3.05) is 13.2 Å². The maximum Gasteiger partial charge on any atom is 0.306 e. The van der Waals surface area contributed by atoms with Gasteiger partial charge in [-0.1, -0.05) is 261 Å². The van der Waals surface area contributed by atoms with Crippen molar-refractivity contribution in [3.8, 4) is 0 Å². The fourth-order valence-corrected chi connectivity index (χ4v) is 8.55. The van der Waals surface area contributed by atoms with Crippen molar-refractivity contribution in [2.24, 2.45) is 0 Å². The van der Waals surface area contributed by atoms with E-state index in [1.807, 2.05) is 0 Å². The lowest BCUT2D eigenvalue weighted by Gasteiger charge is -2.18. The number of allylic oxidation sites excluding steroid dienone is 10. The average molecular weight is 966 g/mol. The Hall–Kier alpha value is -2.89. The zero-order valence-electron chi connectivity index (χ0n) is 45.8. The van der Waals surface area contributed by atoms with Gasteiger partial charge in [0.15, 0.2) is 6.10 Å². The molecule has 0 amide bonds. The first kappa shape index (κ1) is 66.1. The van der Waals surface area contributed by atoms with E-state index in [-0.39, 0.29) is 31.1 Å². The fourth-order valence-electron chi connectivity index (χ4n) is 8.55. The highest BCUT2D eigenvalue weighted by Gasteiger charge is 2.19. The van der Waals surface area contributed by atoms with Gasteiger partial charge in [-0.2, -0.15) is 0 Å². The van der Waals surface area contributed by atoms with Crippen LogP contribution < -0.4 is 0 Å². The first-order chi connectivity index (χ1) is 34.0. The van der Waals surface area contributed by atoms with Crippen LogP contribution in [0.1, 0.15) is 303 Å². The number of esters is 3. The van der Waals surface area contributed by atoms with Crippen LogP contribution in [-0.2, 0) is 28.6 Å². The van der Waals surface area contributed by atoms with Crippen LogP contribution in [0.3, 0.4) is 0 Å². The molecule has 0 saturated carbocycles. The van der Waals surface area contributed by atoms with Crippen LogP contribution in [0, 0.1) is 0 Å². The van der Waals surface area contributed by atoms with Crippen molar-refractivity contribution in [3.63, 3.8) is 0 Å². The second-order valence-corrected chi connectivity index (χ2v) is 19.9. The molecule has 6 heteroatoms. The molecule has 0 aliphatic heterocycles. The van der Waals surface area contributed by atoms with Crippen molar-refractivity contribution >= 4 is 17.9 Å². The molecule has 0 heterocycles. The van der Waals surface area contributed by atoms with Crippen LogP contribution in [0.5, 0.6) is 0 Å². The summed E-state index contributed by atoms with van der Waals surface area (Å²) in [5, 5.41) is 0. The lowest BCUT2D eigenvalue weighted by Crippen LogP contribution is -2.30. The van der Waals surface area contributed by atoms with E-state index in [9.17, 15) is 14.4 Å². The lowest BCUT2D eigenvalue weighted by molar-refractivity contribution is -0.167. The van der Waals surface area contributed by atoms with E-state index in [1.165, 1.54) is 173 Å². The predicted octanol–water partition coefficient (Wildman–Crippen LogP) is 20.0. The second kappa shape index (κ2) is 57.7. The molecule has 0 aliphatic rings. The number of ether oxygens (including phenoxy) is 3. The van der Waals surface area contributed by atoms with Gasteiger partial charge in [-0.15, -0.1) is 0 Å². The van der Waals surface area contributed by atoms with Gasteiger partial charge < -0.3 is 14.2 Å². The Kier molecular flexibility index (Phi) is 55.3. The minimum Gasteiger partial charge on any atom is -0.462 e. The summed E-state index contributed by atoms with van der Waals surface area (Å²) in [6, 6.07) is 0. The van der Waals surface area contributed by atoms with E-state index in [2.05, 4.69) is 81.5 Å². The average Bonchev–Trinajstić information content (AvgIpc) is 3.35. The molecule has 400 valence electrons. The SMILES string of the molecule is CC/C=C\C/C=C\C/C=C\C/C=C\CCCCCCCCC(=O)OCC(COC(=O)CCCCCCCCC/C=C\CCCCCC)OC(=O)CCCCCCCCCCCCCCCCCCC. The van der Waals surface area contributed by atoms with Gasteiger partial charge in [0.1, 0.15) is 13.2 Å². The van der Waals surface area contributed by atoms with Crippen LogP contribution in [0.4, 0.5) is 0 Å². The molecular formula is C63H112O6.